The van der Waals surface area contributed by atoms with Gasteiger partial charge in [0.15, 0.2) is 0 Å². The predicted octanol–water partition coefficient (Wildman–Crippen LogP) is 1.41. The number of carbonyl (C=O) groups is 1. The second-order valence-electron chi connectivity index (χ2n) is 4.46. The molecule has 2 rings (SSSR count). The van der Waals surface area contributed by atoms with E-state index in [1.165, 1.54) is 0 Å². The van der Waals surface area contributed by atoms with Crippen LogP contribution in [0.1, 0.15) is 18.4 Å². The van der Waals surface area contributed by atoms with Crippen molar-refractivity contribution < 1.29 is 14.6 Å². The maximum absolute atomic E-state index is 11.0. The van der Waals surface area contributed by atoms with Crippen molar-refractivity contribution in [2.24, 2.45) is 0 Å². The zero-order chi connectivity index (χ0) is 12.3. The summed E-state index contributed by atoms with van der Waals surface area (Å²) in [5, 5.41) is 11.9. The first-order valence-electron chi connectivity index (χ1n) is 5.74. The van der Waals surface area contributed by atoms with Crippen molar-refractivity contribution in [2.45, 2.75) is 31.1 Å². The SMILES string of the molecule is CNC1(C(=O)O)CC(OCc2ccccc2)C1. The number of carboxylic acids is 1. The van der Waals surface area contributed by atoms with Crippen molar-refractivity contribution in [3.05, 3.63) is 35.9 Å². The number of rotatable bonds is 5. The Bertz CT molecular complexity index is 385. The molecule has 1 aromatic carbocycles. The maximum atomic E-state index is 11.0. The van der Waals surface area contributed by atoms with Gasteiger partial charge in [0.2, 0.25) is 0 Å². The number of benzene rings is 1. The zero-order valence-corrected chi connectivity index (χ0v) is 9.85. The first-order chi connectivity index (χ1) is 8.16. The minimum Gasteiger partial charge on any atom is -0.480 e. The van der Waals surface area contributed by atoms with Gasteiger partial charge in [0.25, 0.3) is 0 Å². The van der Waals surface area contributed by atoms with Crippen molar-refractivity contribution in [3.8, 4) is 0 Å². The van der Waals surface area contributed by atoms with Gasteiger partial charge in [0.1, 0.15) is 5.54 Å². The number of hydrogen-bond acceptors (Lipinski definition) is 3. The van der Waals surface area contributed by atoms with Gasteiger partial charge in [-0.15, -0.1) is 0 Å². The summed E-state index contributed by atoms with van der Waals surface area (Å²) in [6.45, 7) is 0.547. The molecular weight excluding hydrogens is 218 g/mol. The molecule has 0 spiro atoms. The molecule has 0 amide bonds. The third-order valence-corrected chi connectivity index (χ3v) is 3.37. The number of carboxylic acid groups (broad SMARTS) is 1. The minimum atomic E-state index is -0.792. The fourth-order valence-corrected chi connectivity index (χ4v) is 2.11. The second-order valence-corrected chi connectivity index (χ2v) is 4.46. The summed E-state index contributed by atoms with van der Waals surface area (Å²) >= 11 is 0. The lowest BCUT2D eigenvalue weighted by molar-refractivity contribution is -0.158. The Kier molecular flexibility index (Phi) is 3.45. The van der Waals surface area contributed by atoms with Gasteiger partial charge in [-0.2, -0.15) is 0 Å². The predicted molar refractivity (Wildman–Crippen MR) is 63.7 cm³/mol. The van der Waals surface area contributed by atoms with E-state index >= 15 is 0 Å². The van der Waals surface area contributed by atoms with E-state index in [1.807, 2.05) is 30.3 Å². The lowest BCUT2D eigenvalue weighted by Gasteiger charge is -2.43. The van der Waals surface area contributed by atoms with Crippen LogP contribution in [0, 0.1) is 0 Å². The summed E-state index contributed by atoms with van der Waals surface area (Å²) in [5.41, 5.74) is 0.339. The first-order valence-corrected chi connectivity index (χ1v) is 5.74. The second kappa shape index (κ2) is 4.85. The highest BCUT2D eigenvalue weighted by Gasteiger charge is 2.50. The highest BCUT2D eigenvalue weighted by atomic mass is 16.5. The Morgan fingerprint density at radius 1 is 1.47 bits per heavy atom. The first kappa shape index (κ1) is 12.1. The van der Waals surface area contributed by atoms with Gasteiger partial charge >= 0.3 is 5.97 Å². The summed E-state index contributed by atoms with van der Waals surface area (Å²) in [5.74, 6) is -0.792. The molecule has 1 aliphatic carbocycles. The number of aliphatic carboxylic acids is 1. The van der Waals surface area contributed by atoms with Crippen LogP contribution in [0.5, 0.6) is 0 Å². The van der Waals surface area contributed by atoms with E-state index in [9.17, 15) is 4.79 Å². The molecule has 0 radical (unpaired) electrons. The number of nitrogens with one attached hydrogen (secondary N) is 1. The van der Waals surface area contributed by atoms with E-state index in [-0.39, 0.29) is 6.10 Å². The van der Waals surface area contributed by atoms with E-state index in [2.05, 4.69) is 5.32 Å². The molecule has 1 aliphatic rings. The minimum absolute atomic E-state index is 0.0405. The van der Waals surface area contributed by atoms with Crippen LogP contribution < -0.4 is 5.32 Å². The molecule has 0 atom stereocenters. The highest BCUT2D eigenvalue weighted by molar-refractivity contribution is 5.80. The molecular formula is C13H17NO3. The molecule has 4 nitrogen and oxygen atoms in total. The average molecular weight is 235 g/mol. The van der Waals surface area contributed by atoms with Gasteiger partial charge in [0.05, 0.1) is 12.7 Å². The Balaban J connectivity index is 1.80. The molecule has 4 heteroatoms. The summed E-state index contributed by atoms with van der Waals surface area (Å²) in [4.78, 5) is 11.0. The van der Waals surface area contributed by atoms with Gasteiger partial charge in [-0.25, -0.2) is 0 Å². The summed E-state index contributed by atoms with van der Waals surface area (Å²) in [7, 11) is 1.68. The van der Waals surface area contributed by atoms with Crippen LogP contribution in [0.4, 0.5) is 0 Å². The molecule has 1 aromatic rings. The smallest absolute Gasteiger partial charge is 0.324 e. The van der Waals surface area contributed by atoms with Gasteiger partial charge in [-0.1, -0.05) is 30.3 Å². The van der Waals surface area contributed by atoms with Crippen LogP contribution in [0.15, 0.2) is 30.3 Å². The van der Waals surface area contributed by atoms with Crippen LogP contribution in [-0.2, 0) is 16.1 Å². The number of ether oxygens (including phenoxy) is 1. The van der Waals surface area contributed by atoms with Crippen LogP contribution in [0.3, 0.4) is 0 Å². The van der Waals surface area contributed by atoms with Crippen LogP contribution in [0.25, 0.3) is 0 Å². The van der Waals surface area contributed by atoms with E-state index in [4.69, 9.17) is 9.84 Å². The summed E-state index contributed by atoms with van der Waals surface area (Å²) in [6, 6.07) is 9.90. The third kappa shape index (κ3) is 2.48. The molecule has 0 bridgehead atoms. The Labute approximate surface area is 101 Å². The summed E-state index contributed by atoms with van der Waals surface area (Å²) < 4.78 is 5.67. The third-order valence-electron chi connectivity index (χ3n) is 3.37. The van der Waals surface area contributed by atoms with Crippen LogP contribution in [-0.4, -0.2) is 29.8 Å². The van der Waals surface area contributed by atoms with Gasteiger partial charge in [-0.3, -0.25) is 4.79 Å². The fourth-order valence-electron chi connectivity index (χ4n) is 2.11. The lowest BCUT2D eigenvalue weighted by Crippen LogP contribution is -2.62. The quantitative estimate of drug-likeness (QED) is 0.810. The molecule has 17 heavy (non-hydrogen) atoms. The number of likely N-dealkylation sites (N-methyl/N-ethyl adjacent to an activating group) is 1. The van der Waals surface area contributed by atoms with E-state index in [0.717, 1.165) is 5.56 Å². The molecule has 2 N–H and O–H groups in total. The molecule has 0 unspecified atom stereocenters. The number of hydrogen-bond donors (Lipinski definition) is 2. The van der Waals surface area contributed by atoms with E-state index in [1.54, 1.807) is 7.05 Å². The molecule has 0 aliphatic heterocycles. The van der Waals surface area contributed by atoms with E-state index < -0.39 is 11.5 Å². The van der Waals surface area contributed by atoms with Crippen molar-refractivity contribution in [2.75, 3.05) is 7.05 Å². The Morgan fingerprint density at radius 2 is 2.12 bits per heavy atom. The normalized spacial score (nSPS) is 27.5. The highest BCUT2D eigenvalue weighted by Crippen LogP contribution is 2.35. The van der Waals surface area contributed by atoms with Crippen molar-refractivity contribution >= 4 is 5.97 Å². The van der Waals surface area contributed by atoms with Crippen LogP contribution in [0.2, 0.25) is 0 Å². The molecule has 0 heterocycles. The van der Waals surface area contributed by atoms with Gasteiger partial charge in [0, 0.05) is 12.8 Å². The van der Waals surface area contributed by atoms with Gasteiger partial charge < -0.3 is 15.2 Å². The molecule has 1 saturated carbocycles. The topological polar surface area (TPSA) is 58.6 Å². The Morgan fingerprint density at radius 3 is 2.65 bits per heavy atom. The monoisotopic (exact) mass is 235 g/mol. The van der Waals surface area contributed by atoms with Crippen LogP contribution >= 0.6 is 0 Å². The molecule has 92 valence electrons. The van der Waals surface area contributed by atoms with Crippen molar-refractivity contribution in [3.63, 3.8) is 0 Å². The maximum Gasteiger partial charge on any atom is 0.324 e. The Hall–Kier alpha value is -1.39. The lowest BCUT2D eigenvalue weighted by atomic mass is 9.74. The summed E-state index contributed by atoms with van der Waals surface area (Å²) in [6.07, 6.45) is 1.11. The fraction of sp³-hybridized carbons (Fsp3) is 0.462. The zero-order valence-electron chi connectivity index (χ0n) is 9.85. The van der Waals surface area contributed by atoms with E-state index in [0.29, 0.717) is 19.4 Å². The molecule has 0 aromatic heterocycles. The van der Waals surface area contributed by atoms with Crippen molar-refractivity contribution in [1.82, 2.24) is 5.32 Å². The van der Waals surface area contributed by atoms with Crippen molar-refractivity contribution in [1.29, 1.82) is 0 Å². The largest absolute Gasteiger partial charge is 0.480 e. The molecule has 0 saturated heterocycles. The molecule has 1 fully saturated rings. The average Bonchev–Trinajstić information content (AvgIpc) is 2.29. The van der Waals surface area contributed by atoms with Gasteiger partial charge in [-0.05, 0) is 12.6 Å². The standard InChI is InChI=1S/C13H17NO3/c1-14-13(12(15)16)7-11(8-13)17-9-10-5-3-2-4-6-10/h2-6,11,14H,7-9H2,1H3,(H,15,16).